The van der Waals surface area contributed by atoms with Gasteiger partial charge in [0.25, 0.3) is 0 Å². The van der Waals surface area contributed by atoms with Gasteiger partial charge in [0.1, 0.15) is 5.75 Å². The van der Waals surface area contributed by atoms with E-state index in [4.69, 9.17) is 4.74 Å². The standard InChI is InChI=1S/C16H25NO2/c1-11(2)15(18)10-17-14-5-4-8-19-16-9-12(3)6-7-13(14)16/h6-7,9,11,14-15,17-18H,4-5,8,10H2,1-3H3. The van der Waals surface area contributed by atoms with Gasteiger partial charge < -0.3 is 15.2 Å². The second-order valence-electron chi connectivity index (χ2n) is 5.80. The number of aryl methyl sites for hydroxylation is 1. The molecule has 1 aliphatic heterocycles. The van der Waals surface area contributed by atoms with Gasteiger partial charge in [-0.2, -0.15) is 0 Å². The molecule has 2 rings (SSSR count). The first kappa shape index (κ1) is 14.4. The number of rotatable bonds is 4. The lowest BCUT2D eigenvalue weighted by atomic mass is 9.99. The van der Waals surface area contributed by atoms with E-state index in [-0.39, 0.29) is 18.1 Å². The summed E-state index contributed by atoms with van der Waals surface area (Å²) in [6, 6.07) is 6.66. The second kappa shape index (κ2) is 6.40. The number of aliphatic hydroxyl groups is 1. The maximum Gasteiger partial charge on any atom is 0.124 e. The van der Waals surface area contributed by atoms with Gasteiger partial charge in [0.05, 0.1) is 12.7 Å². The Morgan fingerprint density at radius 2 is 2.21 bits per heavy atom. The number of nitrogens with one attached hydrogen (secondary N) is 1. The molecule has 0 fully saturated rings. The van der Waals surface area contributed by atoms with Crippen LogP contribution in [0.3, 0.4) is 0 Å². The maximum absolute atomic E-state index is 9.93. The van der Waals surface area contributed by atoms with Gasteiger partial charge in [-0.3, -0.25) is 0 Å². The van der Waals surface area contributed by atoms with Crippen molar-refractivity contribution in [3.05, 3.63) is 29.3 Å². The van der Waals surface area contributed by atoms with E-state index in [0.717, 1.165) is 25.2 Å². The molecule has 1 aromatic rings. The van der Waals surface area contributed by atoms with Crippen molar-refractivity contribution in [1.82, 2.24) is 5.32 Å². The summed E-state index contributed by atoms with van der Waals surface area (Å²) in [7, 11) is 0. The number of benzene rings is 1. The summed E-state index contributed by atoms with van der Waals surface area (Å²) in [5.41, 5.74) is 2.45. The third-order valence-corrected chi connectivity index (χ3v) is 3.78. The molecule has 1 aromatic carbocycles. The van der Waals surface area contributed by atoms with E-state index in [1.165, 1.54) is 11.1 Å². The predicted molar refractivity (Wildman–Crippen MR) is 77.5 cm³/mol. The van der Waals surface area contributed by atoms with Gasteiger partial charge in [0.2, 0.25) is 0 Å². The molecule has 0 amide bonds. The molecule has 0 radical (unpaired) electrons. The number of aliphatic hydroxyl groups excluding tert-OH is 1. The van der Waals surface area contributed by atoms with Crippen LogP contribution < -0.4 is 10.1 Å². The van der Waals surface area contributed by atoms with Gasteiger partial charge in [-0.05, 0) is 37.3 Å². The molecule has 2 unspecified atom stereocenters. The predicted octanol–water partition coefficient (Wildman–Crippen LogP) is 2.82. The number of ether oxygens (including phenoxy) is 1. The Morgan fingerprint density at radius 3 is 2.95 bits per heavy atom. The fourth-order valence-electron chi connectivity index (χ4n) is 2.39. The minimum Gasteiger partial charge on any atom is -0.493 e. The third kappa shape index (κ3) is 3.71. The Bertz CT molecular complexity index is 417. The summed E-state index contributed by atoms with van der Waals surface area (Å²) >= 11 is 0. The topological polar surface area (TPSA) is 41.5 Å². The van der Waals surface area contributed by atoms with Crippen molar-refractivity contribution in [2.75, 3.05) is 13.2 Å². The Hall–Kier alpha value is -1.06. The third-order valence-electron chi connectivity index (χ3n) is 3.78. The van der Waals surface area contributed by atoms with E-state index in [1.807, 2.05) is 13.8 Å². The lowest BCUT2D eigenvalue weighted by molar-refractivity contribution is 0.119. The minimum atomic E-state index is -0.293. The summed E-state index contributed by atoms with van der Waals surface area (Å²) in [6.07, 6.45) is 1.81. The summed E-state index contributed by atoms with van der Waals surface area (Å²) in [4.78, 5) is 0. The van der Waals surface area contributed by atoms with Gasteiger partial charge in [0.15, 0.2) is 0 Å². The van der Waals surface area contributed by atoms with Crippen molar-refractivity contribution in [3.8, 4) is 5.75 Å². The van der Waals surface area contributed by atoms with E-state index in [1.54, 1.807) is 0 Å². The van der Waals surface area contributed by atoms with Gasteiger partial charge in [-0.1, -0.05) is 26.0 Å². The van der Waals surface area contributed by atoms with E-state index < -0.39 is 0 Å². The fourth-order valence-corrected chi connectivity index (χ4v) is 2.39. The Kier molecular flexibility index (Phi) is 4.83. The van der Waals surface area contributed by atoms with Crippen molar-refractivity contribution in [3.63, 3.8) is 0 Å². The van der Waals surface area contributed by atoms with Crippen LogP contribution in [0.4, 0.5) is 0 Å². The first-order valence-electron chi connectivity index (χ1n) is 7.22. The summed E-state index contributed by atoms with van der Waals surface area (Å²) < 4.78 is 5.81. The van der Waals surface area contributed by atoms with Crippen LogP contribution in [0.2, 0.25) is 0 Å². The Morgan fingerprint density at radius 1 is 1.42 bits per heavy atom. The molecule has 1 aliphatic rings. The van der Waals surface area contributed by atoms with Crippen LogP contribution in [0.1, 0.15) is 43.9 Å². The molecule has 0 aliphatic carbocycles. The van der Waals surface area contributed by atoms with E-state index in [9.17, 15) is 5.11 Å². The SMILES string of the molecule is Cc1ccc2c(c1)OCCCC2NCC(O)C(C)C. The highest BCUT2D eigenvalue weighted by Crippen LogP contribution is 2.32. The van der Waals surface area contributed by atoms with Gasteiger partial charge in [-0.25, -0.2) is 0 Å². The van der Waals surface area contributed by atoms with Crippen molar-refractivity contribution in [1.29, 1.82) is 0 Å². The van der Waals surface area contributed by atoms with Gasteiger partial charge in [-0.15, -0.1) is 0 Å². The molecular weight excluding hydrogens is 238 g/mol. The molecule has 2 N–H and O–H groups in total. The molecule has 0 spiro atoms. The zero-order chi connectivity index (χ0) is 13.8. The molecule has 2 atom stereocenters. The Balaban J connectivity index is 2.09. The average molecular weight is 263 g/mol. The number of hydrogen-bond donors (Lipinski definition) is 2. The molecule has 0 saturated carbocycles. The lowest BCUT2D eigenvalue weighted by Gasteiger charge is -2.22. The number of fused-ring (bicyclic) bond motifs is 1. The molecule has 3 nitrogen and oxygen atoms in total. The zero-order valence-electron chi connectivity index (χ0n) is 12.1. The van der Waals surface area contributed by atoms with Crippen LogP contribution in [0.25, 0.3) is 0 Å². The second-order valence-corrected chi connectivity index (χ2v) is 5.80. The van der Waals surface area contributed by atoms with E-state index >= 15 is 0 Å². The molecule has 0 saturated heterocycles. The number of hydrogen-bond acceptors (Lipinski definition) is 3. The van der Waals surface area contributed by atoms with Crippen LogP contribution in [0.15, 0.2) is 18.2 Å². The minimum absolute atomic E-state index is 0.284. The smallest absolute Gasteiger partial charge is 0.124 e. The monoisotopic (exact) mass is 263 g/mol. The zero-order valence-corrected chi connectivity index (χ0v) is 12.1. The molecule has 1 heterocycles. The Labute approximate surface area is 116 Å². The molecule has 0 aromatic heterocycles. The molecular formula is C16H25NO2. The van der Waals surface area contributed by atoms with Gasteiger partial charge in [0, 0.05) is 18.2 Å². The van der Waals surface area contributed by atoms with Crippen LogP contribution in [0.5, 0.6) is 5.75 Å². The quantitative estimate of drug-likeness (QED) is 0.877. The first-order valence-corrected chi connectivity index (χ1v) is 7.22. The molecule has 19 heavy (non-hydrogen) atoms. The largest absolute Gasteiger partial charge is 0.493 e. The average Bonchev–Trinajstić information content (AvgIpc) is 2.57. The molecule has 0 bridgehead atoms. The van der Waals surface area contributed by atoms with Gasteiger partial charge >= 0.3 is 0 Å². The first-order chi connectivity index (χ1) is 9.08. The highest BCUT2D eigenvalue weighted by Gasteiger charge is 2.20. The summed E-state index contributed by atoms with van der Waals surface area (Å²) in [5.74, 6) is 1.28. The van der Waals surface area contributed by atoms with E-state index in [2.05, 4.69) is 30.4 Å². The van der Waals surface area contributed by atoms with E-state index in [0.29, 0.717) is 6.54 Å². The fraction of sp³-hybridized carbons (Fsp3) is 0.625. The molecule has 3 heteroatoms. The highest BCUT2D eigenvalue weighted by molar-refractivity contribution is 5.39. The summed E-state index contributed by atoms with van der Waals surface area (Å²) in [5, 5.41) is 13.4. The van der Waals surface area contributed by atoms with Crippen molar-refractivity contribution >= 4 is 0 Å². The normalized spacial score (nSPS) is 20.6. The van der Waals surface area contributed by atoms with Crippen LogP contribution >= 0.6 is 0 Å². The highest BCUT2D eigenvalue weighted by atomic mass is 16.5. The summed E-state index contributed by atoms with van der Waals surface area (Å²) in [6.45, 7) is 7.58. The molecule has 106 valence electrons. The maximum atomic E-state index is 9.93. The van der Waals surface area contributed by atoms with Crippen molar-refractivity contribution in [2.45, 2.75) is 45.8 Å². The van der Waals surface area contributed by atoms with Crippen molar-refractivity contribution in [2.24, 2.45) is 5.92 Å². The lowest BCUT2D eigenvalue weighted by Crippen LogP contribution is -2.33. The van der Waals surface area contributed by atoms with Crippen molar-refractivity contribution < 1.29 is 9.84 Å². The van der Waals surface area contributed by atoms with Crippen LogP contribution in [-0.4, -0.2) is 24.4 Å². The van der Waals surface area contributed by atoms with Crippen LogP contribution in [-0.2, 0) is 0 Å². The van der Waals surface area contributed by atoms with Crippen LogP contribution in [0, 0.1) is 12.8 Å².